The van der Waals surface area contributed by atoms with Crippen molar-refractivity contribution in [1.82, 2.24) is 14.3 Å². The third-order valence-corrected chi connectivity index (χ3v) is 6.47. The number of nitrogens with one attached hydrogen (secondary N) is 1. The largest absolute Gasteiger partial charge is 0.435 e. The minimum Gasteiger partial charge on any atom is -0.435 e. The number of pyridine rings is 1. The lowest BCUT2D eigenvalue weighted by molar-refractivity contribution is -0.0497. The van der Waals surface area contributed by atoms with Crippen LogP contribution < -0.4 is 9.46 Å². The summed E-state index contributed by atoms with van der Waals surface area (Å²) in [6, 6.07) is 9.53. The van der Waals surface area contributed by atoms with E-state index in [2.05, 4.69) is 20.5 Å². The fraction of sp³-hybridized carbons (Fsp3) is 0.333. The van der Waals surface area contributed by atoms with Crippen LogP contribution in [0.3, 0.4) is 0 Å². The molecule has 1 saturated carbocycles. The van der Waals surface area contributed by atoms with Gasteiger partial charge in [0.1, 0.15) is 11.8 Å². The van der Waals surface area contributed by atoms with E-state index < -0.39 is 16.6 Å². The maximum atomic E-state index is 12.7. The van der Waals surface area contributed by atoms with E-state index in [0.717, 1.165) is 12.8 Å². The molecule has 3 aromatic rings. The lowest BCUT2D eigenvalue weighted by Crippen LogP contribution is -2.30. The van der Waals surface area contributed by atoms with Crippen molar-refractivity contribution in [3.63, 3.8) is 0 Å². The highest BCUT2D eigenvalue weighted by molar-refractivity contribution is 7.89. The van der Waals surface area contributed by atoms with E-state index in [0.29, 0.717) is 27.7 Å². The molecule has 0 aliphatic heterocycles. The molecule has 1 aromatic carbocycles. The van der Waals surface area contributed by atoms with Crippen LogP contribution in [0.5, 0.6) is 5.75 Å². The number of halogens is 2. The third-order valence-electron chi connectivity index (χ3n) is 4.90. The van der Waals surface area contributed by atoms with E-state index >= 15 is 0 Å². The summed E-state index contributed by atoms with van der Waals surface area (Å²) < 4.78 is 59.0. The van der Waals surface area contributed by atoms with Gasteiger partial charge in [0.25, 0.3) is 10.0 Å². The molecular formula is C21H20F2N4O3S. The van der Waals surface area contributed by atoms with Gasteiger partial charge in [-0.05, 0) is 51.0 Å². The Morgan fingerprint density at radius 1 is 1.26 bits per heavy atom. The van der Waals surface area contributed by atoms with Crippen molar-refractivity contribution in [2.24, 2.45) is 0 Å². The number of hydrogen-bond acceptors (Lipinski definition) is 5. The molecule has 1 fully saturated rings. The first kappa shape index (κ1) is 21.2. The van der Waals surface area contributed by atoms with Crippen LogP contribution in [0.25, 0.3) is 22.2 Å². The summed E-state index contributed by atoms with van der Waals surface area (Å²) in [7, 11) is -3.75. The number of rotatable bonds is 7. The number of fused-ring (bicyclic) bond motifs is 1. The van der Waals surface area contributed by atoms with Crippen LogP contribution in [-0.4, -0.2) is 30.6 Å². The number of nitrogens with zero attached hydrogens (tertiary/aromatic N) is 3. The molecule has 1 aliphatic carbocycles. The number of aromatic nitrogens is 2. The lowest BCUT2D eigenvalue weighted by Gasteiger charge is -2.12. The molecule has 10 heteroatoms. The van der Waals surface area contributed by atoms with Crippen molar-refractivity contribution < 1.29 is 21.9 Å². The summed E-state index contributed by atoms with van der Waals surface area (Å²) in [6.07, 6.45) is 3.19. The Hall–Kier alpha value is -3.03. The maximum absolute atomic E-state index is 12.7. The molecule has 0 unspecified atom stereocenters. The van der Waals surface area contributed by atoms with Crippen molar-refractivity contribution in [3.8, 4) is 23.1 Å². The van der Waals surface area contributed by atoms with Gasteiger partial charge in [-0.1, -0.05) is 0 Å². The zero-order chi connectivity index (χ0) is 22.3. The Kier molecular flexibility index (Phi) is 5.41. The number of benzene rings is 1. The average molecular weight is 446 g/mol. The van der Waals surface area contributed by atoms with Crippen LogP contribution in [0, 0.1) is 11.3 Å². The van der Waals surface area contributed by atoms with Crippen LogP contribution in [0.2, 0.25) is 0 Å². The van der Waals surface area contributed by atoms with E-state index in [9.17, 15) is 22.5 Å². The van der Waals surface area contributed by atoms with Gasteiger partial charge >= 0.3 is 6.61 Å². The van der Waals surface area contributed by atoms with Crippen LogP contribution in [-0.2, 0) is 10.0 Å². The summed E-state index contributed by atoms with van der Waals surface area (Å²) >= 11 is 0. The molecule has 0 bridgehead atoms. The number of sulfonamides is 1. The van der Waals surface area contributed by atoms with Crippen molar-refractivity contribution in [2.45, 2.75) is 50.4 Å². The quantitative estimate of drug-likeness (QED) is 0.587. The van der Waals surface area contributed by atoms with Crippen LogP contribution in [0.1, 0.15) is 38.3 Å². The third kappa shape index (κ3) is 4.11. The summed E-state index contributed by atoms with van der Waals surface area (Å²) in [5, 5.41) is 10.3. The smallest absolute Gasteiger partial charge is 0.387 e. The van der Waals surface area contributed by atoms with Gasteiger partial charge in [-0.15, -0.1) is 0 Å². The second-order valence-corrected chi connectivity index (χ2v) is 9.32. The molecule has 0 saturated heterocycles. The summed E-state index contributed by atoms with van der Waals surface area (Å²) in [6.45, 7) is 0.478. The maximum Gasteiger partial charge on any atom is 0.387 e. The fourth-order valence-electron chi connectivity index (χ4n) is 3.63. The lowest BCUT2D eigenvalue weighted by atomic mass is 10.1. The zero-order valence-corrected chi connectivity index (χ0v) is 17.7. The van der Waals surface area contributed by atoms with Gasteiger partial charge in [0, 0.05) is 35.3 Å². The van der Waals surface area contributed by atoms with Gasteiger partial charge in [-0.3, -0.25) is 0 Å². The number of alkyl halides is 2. The zero-order valence-electron chi connectivity index (χ0n) is 16.8. The van der Waals surface area contributed by atoms with Crippen molar-refractivity contribution in [3.05, 3.63) is 42.1 Å². The van der Waals surface area contributed by atoms with Gasteiger partial charge < -0.3 is 9.30 Å². The molecule has 162 valence electrons. The standard InChI is InChI=1S/C21H20F2N4O3S/c1-12(2)26-31(28,29)19-8-3-13(11-25-19)20-17(10-24)16-7-6-15(30-21(22)23)9-18(16)27(20)14-4-5-14/h3,6-9,11-12,14,21,26H,4-5H2,1-2H3. The normalized spacial score (nSPS) is 14.4. The molecule has 2 heterocycles. The van der Waals surface area contributed by atoms with Gasteiger partial charge in [-0.25, -0.2) is 18.1 Å². The SMILES string of the molecule is CC(C)NS(=O)(=O)c1ccc(-c2c(C#N)c3ccc(OC(F)F)cc3n2C2CC2)cn1. The van der Waals surface area contributed by atoms with Gasteiger partial charge in [0.2, 0.25) is 0 Å². The van der Waals surface area contributed by atoms with Crippen molar-refractivity contribution >= 4 is 20.9 Å². The molecule has 2 aromatic heterocycles. The summed E-state index contributed by atoms with van der Waals surface area (Å²) in [5.41, 5.74) is 2.15. The predicted octanol–water partition coefficient (Wildman–Crippen LogP) is 4.20. The monoisotopic (exact) mass is 446 g/mol. The van der Waals surface area contributed by atoms with Gasteiger partial charge in [0.05, 0.1) is 16.8 Å². The molecule has 0 radical (unpaired) electrons. The Morgan fingerprint density at radius 2 is 2.00 bits per heavy atom. The van der Waals surface area contributed by atoms with Crippen molar-refractivity contribution in [2.75, 3.05) is 0 Å². The Labute approximate surface area is 178 Å². The van der Waals surface area contributed by atoms with Crippen LogP contribution >= 0.6 is 0 Å². The highest BCUT2D eigenvalue weighted by atomic mass is 32.2. The van der Waals surface area contributed by atoms with E-state index in [1.165, 1.54) is 24.4 Å². The van der Waals surface area contributed by atoms with E-state index in [-0.39, 0.29) is 22.9 Å². The van der Waals surface area contributed by atoms with Crippen LogP contribution in [0.4, 0.5) is 8.78 Å². The Morgan fingerprint density at radius 3 is 2.55 bits per heavy atom. The number of hydrogen-bond donors (Lipinski definition) is 1. The van der Waals surface area contributed by atoms with Crippen molar-refractivity contribution in [1.29, 1.82) is 5.26 Å². The minimum atomic E-state index is -3.75. The minimum absolute atomic E-state index is 0.0114. The molecular weight excluding hydrogens is 426 g/mol. The van der Waals surface area contributed by atoms with Crippen LogP contribution in [0.15, 0.2) is 41.6 Å². The molecule has 0 spiro atoms. The molecule has 0 atom stereocenters. The van der Waals surface area contributed by atoms with E-state index in [4.69, 9.17) is 0 Å². The summed E-state index contributed by atoms with van der Waals surface area (Å²) in [5.74, 6) is 0.0114. The molecule has 4 rings (SSSR count). The first-order valence-corrected chi connectivity index (χ1v) is 11.2. The highest BCUT2D eigenvalue weighted by Gasteiger charge is 2.31. The molecule has 1 N–H and O–H groups in total. The molecule has 7 nitrogen and oxygen atoms in total. The average Bonchev–Trinajstić information content (AvgIpc) is 3.48. The van der Waals surface area contributed by atoms with E-state index in [1.807, 2.05) is 4.57 Å². The number of nitriles is 1. The second-order valence-electron chi connectivity index (χ2n) is 7.66. The first-order chi connectivity index (χ1) is 14.7. The van der Waals surface area contributed by atoms with E-state index in [1.54, 1.807) is 26.0 Å². The number of ether oxygens (including phenoxy) is 1. The molecule has 0 amide bonds. The molecule has 1 aliphatic rings. The second kappa shape index (κ2) is 7.90. The van der Waals surface area contributed by atoms with Gasteiger partial charge in [-0.2, -0.15) is 14.0 Å². The van der Waals surface area contributed by atoms with Gasteiger partial charge in [0.15, 0.2) is 5.03 Å². The first-order valence-electron chi connectivity index (χ1n) is 9.73. The highest BCUT2D eigenvalue weighted by Crippen LogP contribution is 2.45. The Bertz CT molecular complexity index is 1270. The topological polar surface area (TPSA) is 97.0 Å². The predicted molar refractivity (Wildman–Crippen MR) is 110 cm³/mol. The fourth-order valence-corrected chi connectivity index (χ4v) is 4.81. The summed E-state index contributed by atoms with van der Waals surface area (Å²) in [4.78, 5) is 4.11. The molecule has 31 heavy (non-hydrogen) atoms. The Balaban J connectivity index is 1.85.